The molecule has 0 spiro atoms. The maximum atomic E-state index is 5.08. The summed E-state index contributed by atoms with van der Waals surface area (Å²) in [6.45, 7) is 4.70. The molecule has 9 rings (SSSR count). The van der Waals surface area contributed by atoms with Crippen LogP contribution in [0.3, 0.4) is 0 Å². The van der Waals surface area contributed by atoms with Crippen LogP contribution < -0.4 is 4.90 Å². The van der Waals surface area contributed by atoms with E-state index in [0.29, 0.717) is 5.82 Å². The number of rotatable bonds is 3. The lowest BCUT2D eigenvalue weighted by Crippen LogP contribution is -2.30. The first kappa shape index (κ1) is 26.1. The average molecular weight is 597 g/mol. The van der Waals surface area contributed by atoms with Crippen molar-refractivity contribution < 1.29 is 0 Å². The molecule has 8 aromatic rings. The Balaban J connectivity index is 1.21. The number of hydrogen-bond donors (Lipinski definition) is 0. The third-order valence-corrected chi connectivity index (χ3v) is 10.3. The Labute approximate surface area is 265 Å². The molecule has 0 aliphatic carbocycles. The third kappa shape index (κ3) is 4.01. The summed E-state index contributed by atoms with van der Waals surface area (Å²) >= 11 is 1.87. The van der Waals surface area contributed by atoms with E-state index in [2.05, 4.69) is 121 Å². The van der Waals surface area contributed by atoms with Crippen LogP contribution in [0.15, 0.2) is 134 Å². The van der Waals surface area contributed by atoms with E-state index in [1.165, 1.54) is 42.7 Å². The number of hydrogen-bond acceptors (Lipinski definition) is 5. The van der Waals surface area contributed by atoms with Crippen molar-refractivity contribution in [3.8, 4) is 22.6 Å². The third-order valence-electron chi connectivity index (χ3n) is 9.17. The van der Waals surface area contributed by atoms with Gasteiger partial charge in [0.1, 0.15) is 0 Å². The van der Waals surface area contributed by atoms with E-state index in [9.17, 15) is 0 Å². The van der Waals surface area contributed by atoms with Gasteiger partial charge in [-0.25, -0.2) is 9.97 Å². The van der Waals surface area contributed by atoms with Crippen LogP contribution in [0, 0.1) is 0 Å². The summed E-state index contributed by atoms with van der Waals surface area (Å²) in [5, 5.41) is 3.68. The van der Waals surface area contributed by atoms with Crippen molar-refractivity contribution in [1.82, 2.24) is 15.0 Å². The topological polar surface area (TPSA) is 41.9 Å². The number of fused-ring (bicyclic) bond motifs is 6. The molecule has 5 aromatic carbocycles. The van der Waals surface area contributed by atoms with Gasteiger partial charge in [0.05, 0.1) is 22.6 Å². The van der Waals surface area contributed by atoms with E-state index in [1.807, 2.05) is 48.0 Å². The molecule has 0 saturated heterocycles. The molecule has 1 aliphatic rings. The number of para-hydroxylation sites is 2. The molecule has 0 bridgehead atoms. The molecule has 214 valence electrons. The first-order valence-corrected chi connectivity index (χ1v) is 16.0. The Bertz CT molecular complexity index is 2410. The molecule has 0 amide bonds. The van der Waals surface area contributed by atoms with E-state index in [0.717, 1.165) is 33.4 Å². The quantitative estimate of drug-likeness (QED) is 0.203. The minimum absolute atomic E-state index is 0.151. The maximum absolute atomic E-state index is 5.08. The molecule has 0 saturated carbocycles. The van der Waals surface area contributed by atoms with Gasteiger partial charge in [0.2, 0.25) is 0 Å². The number of anilines is 3. The molecule has 0 unspecified atom stereocenters. The summed E-state index contributed by atoms with van der Waals surface area (Å²) in [6.07, 6.45) is 3.62. The van der Waals surface area contributed by atoms with Crippen LogP contribution in [0.1, 0.15) is 25.0 Å². The SMILES string of the molecule is CC1(C)c2ccccc2N(c2ccc(-c3nc(-c4ccncc4)c4ccccc4n3)cc2)c2cc3sc4ccccc4c3cc21. The van der Waals surface area contributed by atoms with Crippen molar-refractivity contribution >= 4 is 59.5 Å². The van der Waals surface area contributed by atoms with Gasteiger partial charge in [0.25, 0.3) is 0 Å². The van der Waals surface area contributed by atoms with Crippen LogP contribution in [0.5, 0.6) is 0 Å². The minimum Gasteiger partial charge on any atom is -0.310 e. The highest BCUT2D eigenvalue weighted by atomic mass is 32.1. The van der Waals surface area contributed by atoms with E-state index < -0.39 is 0 Å². The second-order valence-corrected chi connectivity index (χ2v) is 13.2. The molecule has 0 fully saturated rings. The molecule has 45 heavy (non-hydrogen) atoms. The number of nitrogens with zero attached hydrogens (tertiary/aromatic N) is 4. The number of pyridine rings is 1. The van der Waals surface area contributed by atoms with Crippen LogP contribution in [0.4, 0.5) is 17.1 Å². The summed E-state index contributed by atoms with van der Waals surface area (Å²) < 4.78 is 2.63. The first-order chi connectivity index (χ1) is 22.1. The van der Waals surface area contributed by atoms with Crippen LogP contribution in [-0.2, 0) is 5.41 Å². The van der Waals surface area contributed by atoms with Gasteiger partial charge in [0, 0.05) is 60.2 Å². The van der Waals surface area contributed by atoms with E-state index >= 15 is 0 Å². The Hall–Kier alpha value is -5.39. The second kappa shape index (κ2) is 9.81. The monoisotopic (exact) mass is 596 g/mol. The van der Waals surface area contributed by atoms with Crippen molar-refractivity contribution in [2.75, 3.05) is 4.90 Å². The molecular formula is C40H28N4S. The zero-order valence-electron chi connectivity index (χ0n) is 24.9. The highest BCUT2D eigenvalue weighted by molar-refractivity contribution is 7.25. The number of aromatic nitrogens is 3. The molecule has 5 heteroatoms. The first-order valence-electron chi connectivity index (χ1n) is 15.2. The molecule has 0 atom stereocenters. The molecule has 4 nitrogen and oxygen atoms in total. The van der Waals surface area contributed by atoms with Crippen molar-refractivity contribution in [3.63, 3.8) is 0 Å². The predicted molar refractivity (Wildman–Crippen MR) is 188 cm³/mol. The predicted octanol–water partition coefficient (Wildman–Crippen LogP) is 10.8. The fourth-order valence-electron chi connectivity index (χ4n) is 6.89. The highest BCUT2D eigenvalue weighted by Gasteiger charge is 2.37. The molecule has 0 radical (unpaired) electrons. The minimum atomic E-state index is -0.151. The van der Waals surface area contributed by atoms with Gasteiger partial charge in [-0.05, 0) is 77.9 Å². The molecule has 3 aromatic heterocycles. The molecule has 0 N–H and O–H groups in total. The summed E-state index contributed by atoms with van der Waals surface area (Å²) in [5.74, 6) is 0.708. The Kier molecular flexibility index (Phi) is 5.68. The second-order valence-electron chi connectivity index (χ2n) is 12.1. The Morgan fingerprint density at radius 1 is 0.578 bits per heavy atom. The lowest BCUT2D eigenvalue weighted by molar-refractivity contribution is 0.633. The summed E-state index contributed by atoms with van der Waals surface area (Å²) in [6, 6.07) is 43.3. The average Bonchev–Trinajstić information content (AvgIpc) is 3.46. The van der Waals surface area contributed by atoms with E-state index in [4.69, 9.17) is 9.97 Å². The van der Waals surface area contributed by atoms with Gasteiger partial charge < -0.3 is 4.90 Å². The van der Waals surface area contributed by atoms with Crippen LogP contribution in [-0.4, -0.2) is 15.0 Å². The normalized spacial score (nSPS) is 13.7. The highest BCUT2D eigenvalue weighted by Crippen LogP contribution is 2.54. The van der Waals surface area contributed by atoms with Crippen LogP contribution >= 0.6 is 11.3 Å². The Morgan fingerprint density at radius 3 is 2.16 bits per heavy atom. The van der Waals surface area contributed by atoms with Crippen molar-refractivity contribution in [3.05, 3.63) is 145 Å². The zero-order valence-corrected chi connectivity index (χ0v) is 25.7. The zero-order chi connectivity index (χ0) is 30.1. The van der Waals surface area contributed by atoms with Gasteiger partial charge in [-0.2, -0.15) is 0 Å². The molecular weight excluding hydrogens is 569 g/mol. The fourth-order valence-corrected chi connectivity index (χ4v) is 8.01. The van der Waals surface area contributed by atoms with Crippen LogP contribution in [0.25, 0.3) is 53.7 Å². The number of thiophene rings is 1. The summed E-state index contributed by atoms with van der Waals surface area (Å²) in [5.41, 5.74) is 9.89. The standard InChI is InChI=1S/C40H28N4S/c1-40(2)31-11-5-7-13-34(31)44(35-24-37-30(23-32(35)40)28-9-4-8-14-36(28)45-37)27-17-15-26(16-18-27)39-42-33-12-6-3-10-29(33)38(43-39)25-19-21-41-22-20-25/h3-24H,1-2H3. The van der Waals surface area contributed by atoms with Crippen molar-refractivity contribution in [1.29, 1.82) is 0 Å². The van der Waals surface area contributed by atoms with Gasteiger partial charge in [-0.15, -0.1) is 11.3 Å². The van der Waals surface area contributed by atoms with Gasteiger partial charge >= 0.3 is 0 Å². The Morgan fingerprint density at radius 2 is 1.31 bits per heavy atom. The fraction of sp³-hybridized carbons (Fsp3) is 0.0750. The lowest BCUT2D eigenvalue weighted by atomic mass is 9.73. The largest absolute Gasteiger partial charge is 0.310 e. The van der Waals surface area contributed by atoms with Gasteiger partial charge in [-0.3, -0.25) is 4.98 Å². The van der Waals surface area contributed by atoms with Crippen LogP contribution in [0.2, 0.25) is 0 Å². The molecule has 1 aliphatic heterocycles. The van der Waals surface area contributed by atoms with E-state index in [1.54, 1.807) is 0 Å². The smallest absolute Gasteiger partial charge is 0.160 e. The van der Waals surface area contributed by atoms with Gasteiger partial charge in [0.15, 0.2) is 5.82 Å². The summed E-state index contributed by atoms with van der Waals surface area (Å²) in [7, 11) is 0. The lowest BCUT2D eigenvalue weighted by Gasteiger charge is -2.42. The maximum Gasteiger partial charge on any atom is 0.160 e. The number of benzene rings is 5. The summed E-state index contributed by atoms with van der Waals surface area (Å²) in [4.78, 5) is 16.7. The van der Waals surface area contributed by atoms with Crippen molar-refractivity contribution in [2.45, 2.75) is 19.3 Å². The van der Waals surface area contributed by atoms with E-state index in [-0.39, 0.29) is 5.41 Å². The molecule has 4 heterocycles. The van der Waals surface area contributed by atoms with Gasteiger partial charge in [-0.1, -0.05) is 68.4 Å². The van der Waals surface area contributed by atoms with Crippen molar-refractivity contribution in [2.24, 2.45) is 0 Å².